The van der Waals surface area contributed by atoms with Crippen molar-refractivity contribution >= 4 is 16.8 Å². The molecule has 128 valence electrons. The topological polar surface area (TPSA) is 54.6 Å². The van der Waals surface area contributed by atoms with E-state index in [1.807, 2.05) is 35.4 Å². The van der Waals surface area contributed by atoms with Crippen LogP contribution in [0.1, 0.15) is 23.2 Å². The number of carbonyl (C=O) groups excluding carboxylic acids is 1. The van der Waals surface area contributed by atoms with Crippen molar-refractivity contribution in [3.05, 3.63) is 36.0 Å². The Labute approximate surface area is 141 Å². The van der Waals surface area contributed by atoms with Crippen molar-refractivity contribution in [2.75, 3.05) is 40.0 Å². The Kier molecular flexibility index (Phi) is 4.06. The molecule has 1 amide bonds. The van der Waals surface area contributed by atoms with Gasteiger partial charge >= 0.3 is 0 Å². The van der Waals surface area contributed by atoms with Crippen molar-refractivity contribution in [2.24, 2.45) is 11.3 Å². The molecule has 1 N–H and O–H groups in total. The number of rotatable bonds is 3. The lowest BCUT2D eigenvalue weighted by Crippen LogP contribution is -2.39. The van der Waals surface area contributed by atoms with Crippen LogP contribution in [0.3, 0.4) is 0 Å². The first-order chi connectivity index (χ1) is 11.7. The molecule has 1 spiro atoms. The Morgan fingerprint density at radius 2 is 2.21 bits per heavy atom. The van der Waals surface area contributed by atoms with Gasteiger partial charge in [-0.1, -0.05) is 6.07 Å². The van der Waals surface area contributed by atoms with E-state index in [1.165, 1.54) is 0 Å². The maximum absolute atomic E-state index is 13.0. The second-order valence-corrected chi connectivity index (χ2v) is 7.09. The number of likely N-dealkylation sites (tertiary alicyclic amines) is 1. The molecule has 24 heavy (non-hydrogen) atoms. The Hall–Kier alpha value is -1.85. The van der Waals surface area contributed by atoms with Gasteiger partial charge in [-0.3, -0.25) is 4.79 Å². The minimum Gasteiger partial charge on any atom is -0.384 e. The summed E-state index contributed by atoms with van der Waals surface area (Å²) in [5.74, 6) is 0.514. The summed E-state index contributed by atoms with van der Waals surface area (Å²) in [5, 5.41) is 1.13. The minimum absolute atomic E-state index is 0.121. The standard InChI is InChI=1S/C19H24N2O3/c1-23-12-16-11-21(13-19(16)5-8-24-9-6-19)18(22)15-3-2-14-4-7-20-17(14)10-15/h2-4,7,10,16,20H,5-6,8-9,11-13H2,1H3. The van der Waals surface area contributed by atoms with E-state index in [9.17, 15) is 4.79 Å². The number of fused-ring (bicyclic) bond motifs is 1. The van der Waals surface area contributed by atoms with Crippen molar-refractivity contribution < 1.29 is 14.3 Å². The highest BCUT2D eigenvalue weighted by Crippen LogP contribution is 2.44. The highest BCUT2D eigenvalue weighted by atomic mass is 16.5. The first kappa shape index (κ1) is 15.7. The smallest absolute Gasteiger partial charge is 0.253 e. The number of nitrogens with zero attached hydrogens (tertiary/aromatic N) is 1. The molecule has 2 fully saturated rings. The van der Waals surface area contributed by atoms with Gasteiger partial charge in [0, 0.05) is 56.6 Å². The Balaban J connectivity index is 1.58. The van der Waals surface area contributed by atoms with Gasteiger partial charge in [0.1, 0.15) is 0 Å². The van der Waals surface area contributed by atoms with Crippen molar-refractivity contribution in [3.8, 4) is 0 Å². The number of methoxy groups -OCH3 is 1. The van der Waals surface area contributed by atoms with Gasteiger partial charge in [0.2, 0.25) is 0 Å². The lowest BCUT2D eigenvalue weighted by Gasteiger charge is -2.37. The molecule has 1 aromatic heterocycles. The molecule has 5 nitrogen and oxygen atoms in total. The Bertz CT molecular complexity index is 733. The third-order valence-electron chi connectivity index (χ3n) is 5.76. The molecule has 0 aliphatic carbocycles. The fraction of sp³-hybridized carbons (Fsp3) is 0.526. The van der Waals surface area contributed by atoms with Gasteiger partial charge in [-0.15, -0.1) is 0 Å². The first-order valence-corrected chi connectivity index (χ1v) is 8.65. The van der Waals surface area contributed by atoms with Crippen molar-refractivity contribution in [3.63, 3.8) is 0 Å². The zero-order chi connectivity index (χ0) is 16.6. The number of benzene rings is 1. The Morgan fingerprint density at radius 1 is 1.38 bits per heavy atom. The van der Waals surface area contributed by atoms with Crippen LogP contribution in [0.2, 0.25) is 0 Å². The van der Waals surface area contributed by atoms with Gasteiger partial charge in [0.25, 0.3) is 5.91 Å². The molecule has 2 saturated heterocycles. The molecule has 2 aliphatic heterocycles. The number of carbonyl (C=O) groups is 1. The van der Waals surface area contributed by atoms with E-state index in [1.54, 1.807) is 7.11 Å². The second kappa shape index (κ2) is 6.22. The van der Waals surface area contributed by atoms with E-state index in [-0.39, 0.29) is 11.3 Å². The van der Waals surface area contributed by atoms with Crippen LogP contribution in [0.4, 0.5) is 0 Å². The molecule has 2 aliphatic rings. The molecule has 4 rings (SSSR count). The number of nitrogens with one attached hydrogen (secondary N) is 1. The second-order valence-electron chi connectivity index (χ2n) is 7.09. The predicted octanol–water partition coefficient (Wildman–Crippen LogP) is 2.68. The number of H-pyrrole nitrogens is 1. The van der Waals surface area contributed by atoms with Gasteiger partial charge in [-0.25, -0.2) is 0 Å². The lowest BCUT2D eigenvalue weighted by molar-refractivity contribution is -0.0169. The highest BCUT2D eigenvalue weighted by Gasteiger charge is 2.48. The highest BCUT2D eigenvalue weighted by molar-refractivity contribution is 5.98. The van der Waals surface area contributed by atoms with Crippen molar-refractivity contribution in [1.82, 2.24) is 9.88 Å². The summed E-state index contributed by atoms with van der Waals surface area (Å²) < 4.78 is 11.0. The number of aromatic nitrogens is 1. The third kappa shape index (κ3) is 2.62. The zero-order valence-corrected chi connectivity index (χ0v) is 14.1. The molecule has 2 aromatic rings. The van der Waals surface area contributed by atoms with Crippen molar-refractivity contribution in [2.45, 2.75) is 12.8 Å². The SMILES string of the molecule is COCC1CN(C(=O)c2ccc3cc[nH]c3c2)CC12CCOCC2. The molecule has 3 heterocycles. The fourth-order valence-corrected chi connectivity index (χ4v) is 4.33. The zero-order valence-electron chi connectivity index (χ0n) is 14.1. The molecule has 1 unspecified atom stereocenters. The maximum atomic E-state index is 13.0. The first-order valence-electron chi connectivity index (χ1n) is 8.65. The molecule has 5 heteroatoms. The maximum Gasteiger partial charge on any atom is 0.253 e. The summed E-state index contributed by atoms with van der Waals surface area (Å²) in [6.07, 6.45) is 3.93. The lowest BCUT2D eigenvalue weighted by atomic mass is 9.72. The quantitative estimate of drug-likeness (QED) is 0.942. The fourth-order valence-electron chi connectivity index (χ4n) is 4.33. The van der Waals surface area contributed by atoms with E-state index < -0.39 is 0 Å². The summed E-state index contributed by atoms with van der Waals surface area (Å²) in [6.45, 7) is 3.87. The largest absolute Gasteiger partial charge is 0.384 e. The minimum atomic E-state index is 0.121. The normalized spacial score (nSPS) is 23.2. The average molecular weight is 328 g/mol. The summed E-state index contributed by atoms with van der Waals surface area (Å²) in [4.78, 5) is 18.2. The van der Waals surface area contributed by atoms with E-state index in [0.29, 0.717) is 12.5 Å². The van der Waals surface area contributed by atoms with E-state index in [2.05, 4.69) is 4.98 Å². The molecule has 1 atom stereocenters. The number of hydrogen-bond acceptors (Lipinski definition) is 3. The van der Waals surface area contributed by atoms with Crippen LogP contribution < -0.4 is 0 Å². The van der Waals surface area contributed by atoms with Crippen LogP contribution in [0.5, 0.6) is 0 Å². The molecule has 0 bridgehead atoms. The van der Waals surface area contributed by atoms with Gasteiger partial charge in [0.05, 0.1) is 6.61 Å². The van der Waals surface area contributed by atoms with Gasteiger partial charge in [-0.2, -0.15) is 0 Å². The molecular formula is C19H24N2O3. The van der Waals surface area contributed by atoms with Crippen LogP contribution in [-0.4, -0.2) is 55.8 Å². The monoisotopic (exact) mass is 328 g/mol. The number of aromatic amines is 1. The van der Waals surface area contributed by atoms with Crippen LogP contribution >= 0.6 is 0 Å². The van der Waals surface area contributed by atoms with Crippen LogP contribution in [0.25, 0.3) is 10.9 Å². The molecule has 0 radical (unpaired) electrons. The van der Waals surface area contributed by atoms with Crippen LogP contribution in [-0.2, 0) is 9.47 Å². The van der Waals surface area contributed by atoms with Crippen LogP contribution in [0, 0.1) is 11.3 Å². The number of amides is 1. The van der Waals surface area contributed by atoms with E-state index in [0.717, 1.165) is 55.6 Å². The Morgan fingerprint density at radius 3 is 3.00 bits per heavy atom. The number of hydrogen-bond donors (Lipinski definition) is 1. The summed E-state index contributed by atoms with van der Waals surface area (Å²) in [6, 6.07) is 7.91. The van der Waals surface area contributed by atoms with Gasteiger partial charge in [0.15, 0.2) is 0 Å². The molecular weight excluding hydrogens is 304 g/mol. The number of ether oxygens (including phenoxy) is 2. The summed E-state index contributed by atoms with van der Waals surface area (Å²) >= 11 is 0. The predicted molar refractivity (Wildman–Crippen MR) is 92.1 cm³/mol. The van der Waals surface area contributed by atoms with Gasteiger partial charge < -0.3 is 19.4 Å². The van der Waals surface area contributed by atoms with Crippen molar-refractivity contribution in [1.29, 1.82) is 0 Å². The molecule has 1 aromatic carbocycles. The van der Waals surface area contributed by atoms with E-state index >= 15 is 0 Å². The summed E-state index contributed by atoms with van der Waals surface area (Å²) in [5.41, 5.74) is 1.92. The average Bonchev–Trinajstić information content (AvgIpc) is 3.20. The van der Waals surface area contributed by atoms with Crippen LogP contribution in [0.15, 0.2) is 30.5 Å². The third-order valence-corrected chi connectivity index (χ3v) is 5.76. The summed E-state index contributed by atoms with van der Waals surface area (Å²) in [7, 11) is 1.75. The van der Waals surface area contributed by atoms with E-state index in [4.69, 9.17) is 9.47 Å². The van der Waals surface area contributed by atoms with Gasteiger partial charge in [-0.05, 0) is 41.8 Å². The molecule has 0 saturated carbocycles.